The molecule has 6 nitrogen and oxygen atoms in total. The maximum atomic E-state index is 12.9. The number of amides is 2. The van der Waals surface area contributed by atoms with Crippen molar-refractivity contribution in [3.8, 4) is 0 Å². The van der Waals surface area contributed by atoms with Gasteiger partial charge in [0.2, 0.25) is 5.91 Å². The summed E-state index contributed by atoms with van der Waals surface area (Å²) in [4.78, 5) is 30.4. The lowest BCUT2D eigenvalue weighted by atomic mass is 9.49. The Morgan fingerprint density at radius 2 is 1.70 bits per heavy atom. The summed E-state index contributed by atoms with van der Waals surface area (Å²) in [5, 5.41) is 6.45. The van der Waals surface area contributed by atoms with Crippen molar-refractivity contribution in [1.82, 2.24) is 20.0 Å². The highest BCUT2D eigenvalue weighted by molar-refractivity contribution is 5.93. The fourth-order valence-electron chi connectivity index (χ4n) is 7.86. The molecule has 0 radical (unpaired) electrons. The Morgan fingerprint density at radius 1 is 1.00 bits per heavy atom. The molecule has 0 aromatic carbocycles. The molecule has 5 aliphatic carbocycles. The lowest BCUT2D eigenvalue weighted by molar-refractivity contribution is -0.122. The number of carbonyl (C=O) groups is 2. The Balaban J connectivity index is 1.10. The second kappa shape index (κ2) is 8.44. The first kappa shape index (κ1) is 21.2. The number of nitrogens with one attached hydrogen (secondary N) is 2. The Kier molecular flexibility index (Phi) is 5.42. The van der Waals surface area contributed by atoms with Crippen LogP contribution in [0.5, 0.6) is 0 Å². The van der Waals surface area contributed by atoms with Crippen LogP contribution in [0.4, 0.5) is 0 Å². The van der Waals surface area contributed by atoms with E-state index in [2.05, 4.69) is 15.6 Å². The number of hydrogen-bond acceptors (Lipinski definition) is 3. The average molecular weight is 449 g/mol. The van der Waals surface area contributed by atoms with E-state index in [4.69, 9.17) is 0 Å². The van der Waals surface area contributed by atoms with E-state index in [1.54, 1.807) is 0 Å². The molecule has 0 saturated heterocycles. The lowest BCUT2D eigenvalue weighted by Crippen LogP contribution is -2.51. The second-order valence-corrected chi connectivity index (χ2v) is 11.6. The number of hydrogen-bond donors (Lipinski definition) is 2. The van der Waals surface area contributed by atoms with Gasteiger partial charge in [0.1, 0.15) is 11.3 Å². The van der Waals surface area contributed by atoms with E-state index in [-0.39, 0.29) is 24.3 Å². The van der Waals surface area contributed by atoms with E-state index in [0.717, 1.165) is 48.5 Å². The van der Waals surface area contributed by atoms with Gasteiger partial charge in [-0.15, -0.1) is 0 Å². The molecule has 7 rings (SSSR count). The number of imidazole rings is 1. The summed E-state index contributed by atoms with van der Waals surface area (Å²) in [5.74, 6) is 2.67. The molecule has 2 amide bonds. The quantitative estimate of drug-likeness (QED) is 0.693. The second-order valence-electron chi connectivity index (χ2n) is 11.6. The molecule has 5 saturated carbocycles. The highest BCUT2D eigenvalue weighted by Gasteiger charge is 2.50. The number of aromatic nitrogens is 2. The van der Waals surface area contributed by atoms with Gasteiger partial charge in [0.15, 0.2) is 0 Å². The van der Waals surface area contributed by atoms with E-state index in [1.165, 1.54) is 57.8 Å². The zero-order valence-electron chi connectivity index (χ0n) is 19.5. The van der Waals surface area contributed by atoms with Crippen molar-refractivity contribution < 1.29 is 9.59 Å². The van der Waals surface area contributed by atoms with Crippen molar-refractivity contribution in [3.63, 3.8) is 0 Å². The molecule has 0 spiro atoms. The first-order valence-corrected chi connectivity index (χ1v) is 13.1. The summed E-state index contributed by atoms with van der Waals surface area (Å²) < 4.78 is 1.83. The molecule has 0 aliphatic heterocycles. The fraction of sp³-hybridized carbons (Fsp3) is 0.667. The van der Waals surface area contributed by atoms with Crippen LogP contribution in [-0.4, -0.2) is 33.8 Å². The summed E-state index contributed by atoms with van der Waals surface area (Å²) >= 11 is 0. The third-order valence-corrected chi connectivity index (χ3v) is 8.88. The Labute approximate surface area is 195 Å². The molecule has 5 fully saturated rings. The Morgan fingerprint density at radius 3 is 2.39 bits per heavy atom. The summed E-state index contributed by atoms with van der Waals surface area (Å²) in [6.45, 7) is 0.817. The van der Waals surface area contributed by atoms with Gasteiger partial charge in [-0.25, -0.2) is 4.98 Å². The highest BCUT2D eigenvalue weighted by atomic mass is 16.2. The van der Waals surface area contributed by atoms with Gasteiger partial charge in [-0.05, 0) is 86.7 Å². The third-order valence-electron chi connectivity index (χ3n) is 8.88. The van der Waals surface area contributed by atoms with Crippen LogP contribution in [0.25, 0.3) is 5.65 Å². The van der Waals surface area contributed by atoms with Gasteiger partial charge >= 0.3 is 0 Å². The largest absolute Gasteiger partial charge is 0.355 e. The Hall–Kier alpha value is -2.37. The van der Waals surface area contributed by atoms with E-state index in [0.29, 0.717) is 11.1 Å². The van der Waals surface area contributed by atoms with Crippen LogP contribution >= 0.6 is 0 Å². The van der Waals surface area contributed by atoms with Gasteiger partial charge in [0.25, 0.3) is 5.91 Å². The molecule has 2 N–H and O–H groups in total. The first-order chi connectivity index (χ1) is 16.1. The smallest absolute Gasteiger partial charge is 0.268 e. The van der Waals surface area contributed by atoms with Crippen molar-refractivity contribution in [2.75, 3.05) is 6.54 Å². The molecule has 176 valence electrons. The van der Waals surface area contributed by atoms with Crippen LogP contribution in [0, 0.1) is 23.2 Å². The van der Waals surface area contributed by atoms with Crippen molar-refractivity contribution in [2.45, 2.75) is 83.1 Å². The SMILES string of the molecule is O=C(Cc1cn2c(C(=O)NC3CCCCC3)cccc2n1)NCC12CC3CC(CC(C3)C1)C2. The maximum absolute atomic E-state index is 12.9. The monoisotopic (exact) mass is 448 g/mol. The zero-order valence-corrected chi connectivity index (χ0v) is 19.5. The van der Waals surface area contributed by atoms with Crippen molar-refractivity contribution in [3.05, 3.63) is 35.8 Å². The van der Waals surface area contributed by atoms with Crippen LogP contribution in [0.1, 0.15) is 86.8 Å². The number of fused-ring (bicyclic) bond motifs is 1. The minimum absolute atomic E-state index is 0.0439. The normalized spacial score (nSPS) is 31.1. The van der Waals surface area contributed by atoms with Crippen LogP contribution in [0.15, 0.2) is 24.4 Å². The minimum Gasteiger partial charge on any atom is -0.355 e. The van der Waals surface area contributed by atoms with E-state index in [1.807, 2.05) is 28.8 Å². The Bertz CT molecular complexity index is 1020. The van der Waals surface area contributed by atoms with Crippen LogP contribution < -0.4 is 10.6 Å². The molecule has 33 heavy (non-hydrogen) atoms. The standard InChI is InChI=1S/C27H36N4O2/c32-25(28-17-27-13-18-9-19(14-27)11-20(10-18)15-27)12-22-16-31-23(7-4-8-24(31)29-22)26(33)30-21-5-2-1-3-6-21/h4,7-8,16,18-21H,1-3,5-6,9-15,17H2,(H,28,32)(H,30,33). The molecular formula is C27H36N4O2. The molecule has 6 heteroatoms. The molecule has 5 aliphatic rings. The number of pyridine rings is 1. The highest BCUT2D eigenvalue weighted by Crippen LogP contribution is 2.59. The molecule has 2 aromatic heterocycles. The van der Waals surface area contributed by atoms with E-state index < -0.39 is 0 Å². The summed E-state index contributed by atoms with van der Waals surface area (Å²) in [7, 11) is 0. The number of rotatable bonds is 6. The average Bonchev–Trinajstić information content (AvgIpc) is 3.20. The number of nitrogens with zero attached hydrogens (tertiary/aromatic N) is 2. The molecule has 2 aromatic rings. The lowest BCUT2D eigenvalue weighted by Gasteiger charge is -2.56. The zero-order chi connectivity index (χ0) is 22.4. The molecule has 2 heterocycles. The summed E-state index contributed by atoms with van der Waals surface area (Å²) in [5.41, 5.74) is 2.37. The summed E-state index contributed by atoms with van der Waals surface area (Å²) in [6.07, 6.45) is 16.0. The van der Waals surface area contributed by atoms with Gasteiger partial charge in [0, 0.05) is 18.8 Å². The van der Waals surface area contributed by atoms with Crippen molar-refractivity contribution >= 4 is 17.5 Å². The predicted octanol–water partition coefficient (Wildman–Crippen LogP) is 4.27. The van der Waals surface area contributed by atoms with Gasteiger partial charge in [-0.1, -0.05) is 25.3 Å². The van der Waals surface area contributed by atoms with Crippen molar-refractivity contribution in [1.29, 1.82) is 0 Å². The van der Waals surface area contributed by atoms with Crippen molar-refractivity contribution in [2.24, 2.45) is 23.2 Å². The van der Waals surface area contributed by atoms with Gasteiger partial charge in [0.05, 0.1) is 12.1 Å². The topological polar surface area (TPSA) is 75.5 Å². The van der Waals surface area contributed by atoms with Gasteiger partial charge < -0.3 is 10.6 Å². The molecular weight excluding hydrogens is 412 g/mol. The third kappa shape index (κ3) is 4.29. The minimum atomic E-state index is -0.0530. The van der Waals surface area contributed by atoms with Gasteiger partial charge in [-0.3, -0.25) is 14.0 Å². The van der Waals surface area contributed by atoms with Crippen LogP contribution in [0.2, 0.25) is 0 Å². The molecule has 4 bridgehead atoms. The van der Waals surface area contributed by atoms with Gasteiger partial charge in [-0.2, -0.15) is 0 Å². The van der Waals surface area contributed by atoms with E-state index in [9.17, 15) is 9.59 Å². The first-order valence-electron chi connectivity index (χ1n) is 13.1. The predicted molar refractivity (Wildman–Crippen MR) is 127 cm³/mol. The summed E-state index contributed by atoms with van der Waals surface area (Å²) in [6, 6.07) is 5.87. The fourth-order valence-corrected chi connectivity index (χ4v) is 7.86. The molecule has 0 unspecified atom stereocenters. The van der Waals surface area contributed by atoms with Crippen LogP contribution in [0.3, 0.4) is 0 Å². The molecule has 0 atom stereocenters. The maximum Gasteiger partial charge on any atom is 0.268 e. The van der Waals surface area contributed by atoms with Crippen LogP contribution in [-0.2, 0) is 11.2 Å². The number of carbonyl (C=O) groups excluding carboxylic acids is 2. The van der Waals surface area contributed by atoms with E-state index >= 15 is 0 Å².